The number of nitrogens with zero attached hydrogens (tertiary/aromatic N) is 1. The Labute approximate surface area is 142 Å². The predicted octanol–water partition coefficient (Wildman–Crippen LogP) is 2.76. The van der Waals surface area contributed by atoms with Gasteiger partial charge in [0.15, 0.2) is 0 Å². The van der Waals surface area contributed by atoms with Gasteiger partial charge in [-0.2, -0.15) is 0 Å². The van der Waals surface area contributed by atoms with Crippen LogP contribution in [-0.4, -0.2) is 36.5 Å². The number of piperidine rings is 3. The first kappa shape index (κ1) is 15.2. The van der Waals surface area contributed by atoms with Crippen molar-refractivity contribution < 1.29 is 4.79 Å². The zero-order chi connectivity index (χ0) is 16.5. The number of anilines is 1. The zero-order valence-corrected chi connectivity index (χ0v) is 13.7. The molecule has 3 heterocycles. The van der Waals surface area contributed by atoms with E-state index in [1.807, 2.05) is 48.5 Å². The van der Waals surface area contributed by atoms with Crippen LogP contribution in [0.15, 0.2) is 48.5 Å². The Morgan fingerprint density at radius 3 is 2.46 bits per heavy atom. The number of benzene rings is 2. The third kappa shape index (κ3) is 2.89. The molecule has 124 valence electrons. The van der Waals surface area contributed by atoms with Crippen molar-refractivity contribution in [1.82, 2.24) is 10.2 Å². The summed E-state index contributed by atoms with van der Waals surface area (Å²) in [5.41, 5.74) is 9.30. The molecular formula is C20H23N3O. The van der Waals surface area contributed by atoms with Crippen molar-refractivity contribution in [1.29, 1.82) is 0 Å². The molecule has 0 saturated carbocycles. The number of fused-ring (bicyclic) bond motifs is 3. The van der Waals surface area contributed by atoms with E-state index in [-0.39, 0.29) is 11.9 Å². The van der Waals surface area contributed by atoms with Gasteiger partial charge in [0.05, 0.1) is 5.56 Å². The second kappa shape index (κ2) is 6.29. The quantitative estimate of drug-likeness (QED) is 0.855. The van der Waals surface area contributed by atoms with Gasteiger partial charge in [-0.15, -0.1) is 0 Å². The van der Waals surface area contributed by atoms with Gasteiger partial charge in [-0.1, -0.05) is 36.4 Å². The first-order valence-electron chi connectivity index (χ1n) is 8.69. The molecule has 1 atom stereocenters. The number of nitrogens with two attached hydrogens (primary N) is 1. The van der Waals surface area contributed by atoms with Crippen LogP contribution in [-0.2, 0) is 0 Å². The molecule has 3 N–H and O–H groups in total. The van der Waals surface area contributed by atoms with Crippen molar-refractivity contribution in [2.24, 2.45) is 5.92 Å². The highest BCUT2D eigenvalue weighted by Gasteiger charge is 2.35. The minimum atomic E-state index is -0.0518. The molecule has 5 rings (SSSR count). The van der Waals surface area contributed by atoms with E-state index in [0.717, 1.165) is 17.7 Å². The summed E-state index contributed by atoms with van der Waals surface area (Å²) in [7, 11) is 0. The fourth-order valence-electron chi connectivity index (χ4n) is 3.94. The predicted molar refractivity (Wildman–Crippen MR) is 96.7 cm³/mol. The van der Waals surface area contributed by atoms with Crippen LogP contribution in [0.25, 0.3) is 11.1 Å². The Balaban J connectivity index is 1.56. The third-order valence-electron chi connectivity index (χ3n) is 5.38. The van der Waals surface area contributed by atoms with E-state index in [1.165, 1.54) is 25.9 Å². The molecule has 2 bridgehead atoms. The van der Waals surface area contributed by atoms with Crippen LogP contribution in [0.3, 0.4) is 0 Å². The van der Waals surface area contributed by atoms with E-state index in [9.17, 15) is 4.79 Å². The minimum Gasteiger partial charge on any atom is -0.398 e. The van der Waals surface area contributed by atoms with Crippen LogP contribution in [0.1, 0.15) is 23.2 Å². The van der Waals surface area contributed by atoms with Crippen molar-refractivity contribution in [2.75, 3.05) is 25.4 Å². The van der Waals surface area contributed by atoms with Gasteiger partial charge in [0.25, 0.3) is 5.91 Å². The maximum Gasteiger partial charge on any atom is 0.253 e. The summed E-state index contributed by atoms with van der Waals surface area (Å²) in [6.45, 7) is 3.31. The van der Waals surface area contributed by atoms with Gasteiger partial charge in [-0.25, -0.2) is 0 Å². The van der Waals surface area contributed by atoms with Crippen molar-refractivity contribution in [2.45, 2.75) is 18.9 Å². The number of hydrogen-bond acceptors (Lipinski definition) is 3. The van der Waals surface area contributed by atoms with Crippen LogP contribution in [0.4, 0.5) is 5.69 Å². The highest BCUT2D eigenvalue weighted by Crippen LogP contribution is 2.28. The van der Waals surface area contributed by atoms with Crippen LogP contribution in [0, 0.1) is 5.92 Å². The van der Waals surface area contributed by atoms with E-state index >= 15 is 0 Å². The van der Waals surface area contributed by atoms with Gasteiger partial charge < -0.3 is 16.0 Å². The molecule has 0 aromatic heterocycles. The largest absolute Gasteiger partial charge is 0.398 e. The molecule has 3 fully saturated rings. The van der Waals surface area contributed by atoms with Gasteiger partial charge >= 0.3 is 0 Å². The van der Waals surface area contributed by atoms with Crippen LogP contribution in [0.2, 0.25) is 0 Å². The van der Waals surface area contributed by atoms with E-state index < -0.39 is 0 Å². The summed E-state index contributed by atoms with van der Waals surface area (Å²) in [5, 5.41) is 3.23. The van der Waals surface area contributed by atoms with Crippen LogP contribution in [0.5, 0.6) is 0 Å². The van der Waals surface area contributed by atoms with Crippen molar-refractivity contribution in [3.63, 3.8) is 0 Å². The molecule has 0 radical (unpaired) electrons. The summed E-state index contributed by atoms with van der Waals surface area (Å²) in [6.07, 6.45) is 2.37. The van der Waals surface area contributed by atoms with Crippen LogP contribution >= 0.6 is 0 Å². The molecule has 3 aliphatic heterocycles. The lowest BCUT2D eigenvalue weighted by Crippen LogP contribution is -2.57. The Kier molecular flexibility index (Phi) is 3.98. The molecule has 24 heavy (non-hydrogen) atoms. The first-order valence-corrected chi connectivity index (χ1v) is 8.69. The van der Waals surface area contributed by atoms with E-state index in [1.54, 1.807) is 0 Å². The summed E-state index contributed by atoms with van der Waals surface area (Å²) in [4.78, 5) is 15.2. The van der Waals surface area contributed by atoms with Crippen LogP contribution < -0.4 is 11.1 Å². The fourth-order valence-corrected chi connectivity index (χ4v) is 3.94. The Morgan fingerprint density at radius 1 is 1.04 bits per heavy atom. The lowest BCUT2D eigenvalue weighted by molar-refractivity contribution is 0.0621. The van der Waals surface area contributed by atoms with E-state index in [0.29, 0.717) is 17.2 Å². The molecule has 3 saturated heterocycles. The summed E-state index contributed by atoms with van der Waals surface area (Å²) < 4.78 is 0. The molecule has 1 unspecified atom stereocenters. The number of hydrogen-bond donors (Lipinski definition) is 2. The average Bonchev–Trinajstić information content (AvgIpc) is 2.64. The monoisotopic (exact) mass is 321 g/mol. The molecule has 4 heteroatoms. The molecule has 2 aromatic rings. The third-order valence-corrected chi connectivity index (χ3v) is 5.38. The topological polar surface area (TPSA) is 58.4 Å². The molecule has 2 aromatic carbocycles. The summed E-state index contributed by atoms with van der Waals surface area (Å²) in [6, 6.07) is 16.0. The lowest BCUT2D eigenvalue weighted by atomic mass is 9.84. The van der Waals surface area contributed by atoms with E-state index in [4.69, 9.17) is 5.73 Å². The maximum atomic E-state index is 12.8. The van der Waals surface area contributed by atoms with E-state index in [2.05, 4.69) is 10.2 Å². The average molecular weight is 321 g/mol. The second-order valence-corrected chi connectivity index (χ2v) is 6.89. The Hall–Kier alpha value is -2.33. The number of rotatable bonds is 3. The van der Waals surface area contributed by atoms with Gasteiger partial charge in [-0.05, 0) is 55.1 Å². The van der Waals surface area contributed by atoms with Crippen molar-refractivity contribution >= 4 is 11.6 Å². The zero-order valence-electron chi connectivity index (χ0n) is 13.7. The fraction of sp³-hybridized carbons (Fsp3) is 0.350. The number of nitrogens with one attached hydrogen (secondary N) is 1. The summed E-state index contributed by atoms with van der Waals surface area (Å²) >= 11 is 0. The van der Waals surface area contributed by atoms with Gasteiger partial charge in [0, 0.05) is 18.3 Å². The normalized spacial score (nSPS) is 25.4. The highest BCUT2D eigenvalue weighted by molar-refractivity contribution is 6.00. The van der Waals surface area contributed by atoms with Gasteiger partial charge in [-0.3, -0.25) is 4.79 Å². The minimum absolute atomic E-state index is 0.0518. The molecule has 4 nitrogen and oxygen atoms in total. The summed E-state index contributed by atoms with van der Waals surface area (Å²) in [5.74, 6) is 0.557. The second-order valence-electron chi connectivity index (χ2n) is 6.89. The maximum absolute atomic E-state index is 12.8. The van der Waals surface area contributed by atoms with Crippen molar-refractivity contribution in [3.8, 4) is 11.1 Å². The van der Waals surface area contributed by atoms with Crippen molar-refractivity contribution in [3.05, 3.63) is 54.1 Å². The molecule has 0 spiro atoms. The lowest BCUT2D eigenvalue weighted by Gasteiger charge is -2.44. The smallest absolute Gasteiger partial charge is 0.253 e. The number of nitrogen functional groups attached to an aromatic ring is 1. The Bertz CT molecular complexity index is 736. The molecular weight excluding hydrogens is 298 g/mol. The number of amides is 1. The standard InChI is InChI=1S/C20H23N3O/c21-18-7-6-16(14-4-2-1-3-5-14)12-17(18)20(24)22-19-13-23-10-8-15(19)9-11-23/h1-7,12,15,19H,8-11,13,21H2,(H,22,24). The molecule has 3 aliphatic rings. The number of carbonyl (C=O) groups is 1. The Morgan fingerprint density at radius 2 is 1.79 bits per heavy atom. The highest BCUT2D eigenvalue weighted by atomic mass is 16.1. The molecule has 0 aliphatic carbocycles. The van der Waals surface area contributed by atoms with Gasteiger partial charge in [0.1, 0.15) is 0 Å². The SMILES string of the molecule is Nc1ccc(-c2ccccc2)cc1C(=O)NC1CN2CCC1CC2. The van der Waals surface area contributed by atoms with Gasteiger partial charge in [0.2, 0.25) is 0 Å². The first-order chi connectivity index (χ1) is 11.7. The number of carbonyl (C=O) groups excluding carboxylic acids is 1. The molecule has 1 amide bonds.